The molecule has 0 bridgehead atoms. The van der Waals surface area contributed by atoms with Gasteiger partial charge in [0.15, 0.2) is 0 Å². The molecule has 0 fully saturated rings. The topological polar surface area (TPSA) is 75.7 Å². The van der Waals surface area contributed by atoms with Crippen molar-refractivity contribution in [3.05, 3.63) is 24.3 Å². The van der Waals surface area contributed by atoms with Crippen molar-refractivity contribution in [1.82, 2.24) is 0 Å². The third-order valence-electron chi connectivity index (χ3n) is 1.53. The first kappa shape index (κ1) is 15.4. The molecule has 0 heterocycles. The van der Waals surface area contributed by atoms with E-state index in [1.165, 1.54) is 0 Å². The average Bonchev–Trinajstić information content (AvgIpc) is 2.14. The molecule has 0 atom stereocenters. The first-order valence-corrected chi connectivity index (χ1v) is 5.01. The van der Waals surface area contributed by atoms with E-state index < -0.39 is 17.5 Å². The summed E-state index contributed by atoms with van der Waals surface area (Å²) >= 11 is 0. The van der Waals surface area contributed by atoms with Crippen molar-refractivity contribution in [3.63, 3.8) is 0 Å². The lowest BCUT2D eigenvalue weighted by molar-refractivity contribution is -0.299. The van der Waals surface area contributed by atoms with Gasteiger partial charge in [-0.2, -0.15) is 0 Å². The molecule has 96 valence electrons. The third kappa shape index (κ3) is 7.30. The van der Waals surface area contributed by atoms with Gasteiger partial charge in [-0.15, -0.1) is 0 Å². The van der Waals surface area contributed by atoms with Crippen LogP contribution in [0.5, 0.6) is 0 Å². The maximum absolute atomic E-state index is 11.4. The molecule has 0 aromatic carbocycles. The van der Waals surface area contributed by atoms with E-state index in [0.717, 1.165) is 0 Å². The molecule has 0 rings (SSSR count). The Kier molecular flexibility index (Phi) is 5.61. The quantitative estimate of drug-likeness (QED) is 0.490. The van der Waals surface area contributed by atoms with Crippen LogP contribution in [-0.2, 0) is 19.1 Å². The molecule has 0 aliphatic carbocycles. The molecule has 17 heavy (non-hydrogen) atoms. The molecule has 0 aliphatic rings. The zero-order valence-electron chi connectivity index (χ0n) is 10.4. The van der Waals surface area contributed by atoms with Crippen LogP contribution >= 0.6 is 0 Å². The summed E-state index contributed by atoms with van der Waals surface area (Å²) in [5.74, 6) is -1.95. The maximum atomic E-state index is 11.4. The fraction of sp³-hybridized carbons (Fsp3) is 0.500. The molecular weight excluding hydrogens is 224 g/mol. The SMILES string of the molecule is C=C(COCC(=C)C(=O)OC(C)(C)C)C(=O)[O-]. The van der Waals surface area contributed by atoms with Crippen LogP contribution in [0.4, 0.5) is 0 Å². The van der Waals surface area contributed by atoms with Crippen LogP contribution in [0.1, 0.15) is 20.8 Å². The molecule has 0 unspecified atom stereocenters. The largest absolute Gasteiger partial charge is 0.545 e. The van der Waals surface area contributed by atoms with E-state index >= 15 is 0 Å². The number of aliphatic carboxylic acids is 1. The van der Waals surface area contributed by atoms with Gasteiger partial charge in [0.1, 0.15) is 5.60 Å². The molecule has 5 nitrogen and oxygen atoms in total. The molecule has 0 N–H and O–H groups in total. The summed E-state index contributed by atoms with van der Waals surface area (Å²) in [6.45, 7) is 11.6. The van der Waals surface area contributed by atoms with E-state index in [0.29, 0.717) is 0 Å². The van der Waals surface area contributed by atoms with E-state index in [-0.39, 0.29) is 24.4 Å². The molecule has 0 amide bonds. The van der Waals surface area contributed by atoms with Gasteiger partial charge in [0.25, 0.3) is 0 Å². The number of hydrogen-bond donors (Lipinski definition) is 0. The van der Waals surface area contributed by atoms with E-state index in [1.54, 1.807) is 20.8 Å². The molecule has 0 aliphatic heterocycles. The van der Waals surface area contributed by atoms with Crippen LogP contribution in [0.2, 0.25) is 0 Å². The number of carboxylic acid groups (broad SMARTS) is 1. The second-order valence-electron chi connectivity index (χ2n) is 4.49. The molecule has 5 heteroatoms. The smallest absolute Gasteiger partial charge is 0.336 e. The van der Waals surface area contributed by atoms with Crippen molar-refractivity contribution in [2.75, 3.05) is 13.2 Å². The van der Waals surface area contributed by atoms with Gasteiger partial charge in [0.05, 0.1) is 24.8 Å². The van der Waals surface area contributed by atoms with Crippen LogP contribution < -0.4 is 5.11 Å². The van der Waals surface area contributed by atoms with E-state index in [4.69, 9.17) is 9.47 Å². The van der Waals surface area contributed by atoms with Gasteiger partial charge in [0.2, 0.25) is 0 Å². The van der Waals surface area contributed by atoms with Crippen LogP contribution in [-0.4, -0.2) is 30.8 Å². The summed E-state index contributed by atoms with van der Waals surface area (Å²) in [4.78, 5) is 21.7. The molecule has 0 saturated heterocycles. The standard InChI is InChI=1S/C12H18O5/c1-8(10(13)14)6-16-7-9(2)11(15)17-12(3,4)5/h1-2,6-7H2,3-5H3,(H,13,14)/p-1. The van der Waals surface area contributed by atoms with Gasteiger partial charge < -0.3 is 19.4 Å². The number of rotatable bonds is 6. The van der Waals surface area contributed by atoms with Crippen LogP contribution in [0.15, 0.2) is 24.3 Å². The molecule has 0 spiro atoms. The average molecular weight is 241 g/mol. The number of carbonyl (C=O) groups excluding carboxylic acids is 2. The Morgan fingerprint density at radius 1 is 1.12 bits per heavy atom. The first-order valence-electron chi connectivity index (χ1n) is 5.01. The van der Waals surface area contributed by atoms with E-state index in [2.05, 4.69) is 13.2 Å². The Hall–Kier alpha value is -1.62. The minimum absolute atomic E-state index is 0.110. The Balaban J connectivity index is 3.99. The monoisotopic (exact) mass is 241 g/mol. The third-order valence-corrected chi connectivity index (χ3v) is 1.53. The second-order valence-corrected chi connectivity index (χ2v) is 4.49. The number of carboxylic acids is 1. The fourth-order valence-electron chi connectivity index (χ4n) is 0.766. The lowest BCUT2D eigenvalue weighted by Gasteiger charge is -2.20. The Labute approximate surface area is 101 Å². The van der Waals surface area contributed by atoms with Crippen LogP contribution in [0.25, 0.3) is 0 Å². The van der Waals surface area contributed by atoms with Gasteiger partial charge in [-0.25, -0.2) is 4.79 Å². The highest BCUT2D eigenvalue weighted by molar-refractivity contribution is 5.88. The van der Waals surface area contributed by atoms with Crippen LogP contribution in [0, 0.1) is 0 Å². The van der Waals surface area contributed by atoms with E-state index in [9.17, 15) is 14.7 Å². The number of esters is 1. The van der Waals surface area contributed by atoms with Crippen molar-refractivity contribution < 1.29 is 24.2 Å². The molecule has 0 aromatic rings. The number of hydrogen-bond acceptors (Lipinski definition) is 5. The molecule has 0 aromatic heterocycles. The first-order chi connectivity index (χ1) is 7.63. The summed E-state index contributed by atoms with van der Waals surface area (Å²) in [7, 11) is 0. The van der Waals surface area contributed by atoms with Gasteiger partial charge >= 0.3 is 5.97 Å². The zero-order valence-corrected chi connectivity index (χ0v) is 10.4. The summed E-state index contributed by atoms with van der Waals surface area (Å²) in [5, 5.41) is 10.3. The highest BCUT2D eigenvalue weighted by Crippen LogP contribution is 2.10. The van der Waals surface area contributed by atoms with Crippen molar-refractivity contribution in [1.29, 1.82) is 0 Å². The highest BCUT2D eigenvalue weighted by atomic mass is 16.6. The van der Waals surface area contributed by atoms with Crippen LogP contribution in [0.3, 0.4) is 0 Å². The Bertz CT molecular complexity index is 335. The number of carbonyl (C=O) groups is 2. The number of ether oxygens (including phenoxy) is 2. The molecular formula is C12H17O5-. The fourth-order valence-corrected chi connectivity index (χ4v) is 0.766. The predicted molar refractivity (Wildman–Crippen MR) is 60.0 cm³/mol. The maximum Gasteiger partial charge on any atom is 0.336 e. The lowest BCUT2D eigenvalue weighted by atomic mass is 10.2. The summed E-state index contributed by atoms with van der Waals surface area (Å²) in [6, 6.07) is 0. The minimum Gasteiger partial charge on any atom is -0.545 e. The minimum atomic E-state index is -1.38. The van der Waals surface area contributed by atoms with Crippen molar-refractivity contribution in [2.24, 2.45) is 0 Å². The Morgan fingerprint density at radius 3 is 2.00 bits per heavy atom. The summed E-state index contributed by atoms with van der Waals surface area (Å²) in [5.41, 5.74) is -0.678. The second kappa shape index (κ2) is 6.20. The van der Waals surface area contributed by atoms with Gasteiger partial charge in [-0.1, -0.05) is 13.2 Å². The van der Waals surface area contributed by atoms with Crippen molar-refractivity contribution in [3.8, 4) is 0 Å². The lowest BCUT2D eigenvalue weighted by Crippen LogP contribution is -2.27. The van der Waals surface area contributed by atoms with Crippen molar-refractivity contribution in [2.45, 2.75) is 26.4 Å². The Morgan fingerprint density at radius 2 is 1.59 bits per heavy atom. The summed E-state index contributed by atoms with van der Waals surface area (Å²) < 4.78 is 9.97. The summed E-state index contributed by atoms with van der Waals surface area (Å²) in [6.07, 6.45) is 0. The van der Waals surface area contributed by atoms with Gasteiger partial charge in [0, 0.05) is 0 Å². The van der Waals surface area contributed by atoms with Gasteiger partial charge in [-0.3, -0.25) is 0 Å². The van der Waals surface area contributed by atoms with Gasteiger partial charge in [-0.05, 0) is 26.3 Å². The van der Waals surface area contributed by atoms with E-state index in [1.807, 2.05) is 0 Å². The van der Waals surface area contributed by atoms with Crippen molar-refractivity contribution >= 4 is 11.9 Å². The zero-order chi connectivity index (χ0) is 13.6. The molecule has 0 saturated carbocycles. The molecule has 0 radical (unpaired) electrons. The highest BCUT2D eigenvalue weighted by Gasteiger charge is 2.18. The normalized spacial score (nSPS) is 10.8. The predicted octanol–water partition coefficient (Wildman–Crippen LogP) is 0.207.